The highest BCUT2D eigenvalue weighted by Crippen LogP contribution is 2.47. The van der Waals surface area contributed by atoms with E-state index in [0.717, 1.165) is 12.3 Å². The highest BCUT2D eigenvalue weighted by atomic mass is 16.5. The molecule has 0 amide bonds. The fraction of sp³-hybridized carbons (Fsp3) is 0.333. The van der Waals surface area contributed by atoms with Crippen molar-refractivity contribution in [1.29, 1.82) is 0 Å². The largest absolute Gasteiger partial charge is 0.497 e. The molecule has 0 heterocycles. The van der Waals surface area contributed by atoms with E-state index in [1.54, 1.807) is 7.11 Å². The SMILES string of the molecule is COc1ccc2cc(C3(CN)CC3)ccc2c1. The van der Waals surface area contributed by atoms with Gasteiger partial charge in [0.25, 0.3) is 0 Å². The lowest BCUT2D eigenvalue weighted by atomic mass is 9.94. The van der Waals surface area contributed by atoms with Gasteiger partial charge >= 0.3 is 0 Å². The standard InChI is InChI=1S/C15H17NO/c1-17-14-5-3-11-8-13(4-2-12(11)9-14)15(10-16)6-7-15/h2-5,8-9H,6-7,10,16H2,1H3. The number of nitrogens with two attached hydrogens (primary N) is 1. The van der Waals surface area contributed by atoms with Gasteiger partial charge in [-0.3, -0.25) is 0 Å². The summed E-state index contributed by atoms with van der Waals surface area (Å²) >= 11 is 0. The molecule has 1 aliphatic carbocycles. The summed E-state index contributed by atoms with van der Waals surface area (Å²) in [5.41, 5.74) is 7.53. The molecule has 2 aromatic rings. The predicted octanol–water partition coefficient (Wildman–Crippen LogP) is 2.84. The molecule has 1 aliphatic rings. The zero-order valence-corrected chi connectivity index (χ0v) is 10.1. The van der Waals surface area contributed by atoms with Gasteiger partial charge in [-0.15, -0.1) is 0 Å². The molecule has 2 N–H and O–H groups in total. The molecule has 0 radical (unpaired) electrons. The lowest BCUT2D eigenvalue weighted by molar-refractivity contribution is 0.415. The molecule has 0 aliphatic heterocycles. The Morgan fingerprint density at radius 2 is 1.82 bits per heavy atom. The highest BCUT2D eigenvalue weighted by molar-refractivity contribution is 5.85. The van der Waals surface area contributed by atoms with Crippen LogP contribution in [0, 0.1) is 0 Å². The minimum Gasteiger partial charge on any atom is -0.497 e. The molecule has 0 atom stereocenters. The maximum Gasteiger partial charge on any atom is 0.119 e. The van der Waals surface area contributed by atoms with Crippen molar-refractivity contribution in [2.75, 3.05) is 13.7 Å². The smallest absolute Gasteiger partial charge is 0.119 e. The van der Waals surface area contributed by atoms with E-state index in [2.05, 4.69) is 30.3 Å². The van der Waals surface area contributed by atoms with E-state index in [9.17, 15) is 0 Å². The minimum absolute atomic E-state index is 0.272. The Labute approximate surface area is 101 Å². The van der Waals surface area contributed by atoms with Gasteiger partial charge in [0.1, 0.15) is 5.75 Å². The highest BCUT2D eigenvalue weighted by Gasteiger charge is 2.42. The molecule has 0 bridgehead atoms. The third-order valence-corrected chi connectivity index (χ3v) is 3.90. The number of benzene rings is 2. The van der Waals surface area contributed by atoms with Crippen molar-refractivity contribution in [2.45, 2.75) is 18.3 Å². The van der Waals surface area contributed by atoms with Crippen LogP contribution in [0.25, 0.3) is 10.8 Å². The zero-order valence-electron chi connectivity index (χ0n) is 10.1. The number of fused-ring (bicyclic) bond motifs is 1. The molecule has 1 saturated carbocycles. The Kier molecular flexibility index (Phi) is 2.33. The van der Waals surface area contributed by atoms with Crippen molar-refractivity contribution in [2.24, 2.45) is 5.73 Å². The Morgan fingerprint density at radius 1 is 1.12 bits per heavy atom. The Balaban J connectivity index is 2.08. The summed E-state index contributed by atoms with van der Waals surface area (Å²) < 4.78 is 5.23. The minimum atomic E-state index is 0.272. The third kappa shape index (κ3) is 1.69. The molecular weight excluding hydrogens is 210 g/mol. The van der Waals surface area contributed by atoms with Gasteiger partial charge in [0.05, 0.1) is 7.11 Å². The number of rotatable bonds is 3. The van der Waals surface area contributed by atoms with Crippen LogP contribution in [0.5, 0.6) is 5.75 Å². The summed E-state index contributed by atoms with van der Waals surface area (Å²) in [6.07, 6.45) is 2.45. The molecule has 0 aromatic heterocycles. The molecule has 3 rings (SSSR count). The van der Waals surface area contributed by atoms with E-state index in [1.807, 2.05) is 6.07 Å². The quantitative estimate of drug-likeness (QED) is 0.875. The Bertz CT molecular complexity index is 558. The normalized spacial score (nSPS) is 17.1. The van der Waals surface area contributed by atoms with Gasteiger partial charge in [-0.1, -0.05) is 24.3 Å². The van der Waals surface area contributed by atoms with Crippen LogP contribution < -0.4 is 10.5 Å². The summed E-state index contributed by atoms with van der Waals surface area (Å²) in [6, 6.07) is 12.8. The first-order valence-corrected chi connectivity index (χ1v) is 6.06. The molecule has 2 nitrogen and oxygen atoms in total. The summed E-state index contributed by atoms with van der Waals surface area (Å²) in [4.78, 5) is 0. The average molecular weight is 227 g/mol. The lowest BCUT2D eigenvalue weighted by Gasteiger charge is -2.13. The Morgan fingerprint density at radius 3 is 2.47 bits per heavy atom. The molecule has 0 spiro atoms. The van der Waals surface area contributed by atoms with Crippen LogP contribution in [0.1, 0.15) is 18.4 Å². The van der Waals surface area contributed by atoms with Crippen LogP contribution >= 0.6 is 0 Å². The van der Waals surface area contributed by atoms with Gasteiger partial charge in [0.2, 0.25) is 0 Å². The molecular formula is C15H17NO. The average Bonchev–Trinajstić information content (AvgIpc) is 3.18. The van der Waals surface area contributed by atoms with Crippen LogP contribution in [-0.2, 0) is 5.41 Å². The second-order valence-electron chi connectivity index (χ2n) is 4.91. The van der Waals surface area contributed by atoms with E-state index in [0.29, 0.717) is 0 Å². The van der Waals surface area contributed by atoms with E-state index in [4.69, 9.17) is 10.5 Å². The molecule has 2 heteroatoms. The van der Waals surface area contributed by atoms with E-state index >= 15 is 0 Å². The van der Waals surface area contributed by atoms with Crippen LogP contribution in [0.2, 0.25) is 0 Å². The van der Waals surface area contributed by atoms with Crippen molar-refractivity contribution in [3.63, 3.8) is 0 Å². The number of hydrogen-bond donors (Lipinski definition) is 1. The first-order chi connectivity index (χ1) is 8.27. The summed E-state index contributed by atoms with van der Waals surface area (Å²) in [5, 5.41) is 2.49. The summed E-state index contributed by atoms with van der Waals surface area (Å²) in [7, 11) is 1.70. The van der Waals surface area contributed by atoms with Gasteiger partial charge in [-0.25, -0.2) is 0 Å². The first kappa shape index (κ1) is 10.6. The molecule has 0 saturated heterocycles. The maximum absolute atomic E-state index is 5.87. The molecule has 88 valence electrons. The van der Waals surface area contributed by atoms with Crippen molar-refractivity contribution in [3.05, 3.63) is 42.0 Å². The zero-order chi connectivity index (χ0) is 11.9. The number of hydrogen-bond acceptors (Lipinski definition) is 2. The number of methoxy groups -OCH3 is 1. The van der Waals surface area contributed by atoms with E-state index in [-0.39, 0.29) is 5.41 Å². The first-order valence-electron chi connectivity index (χ1n) is 6.06. The fourth-order valence-electron chi connectivity index (χ4n) is 2.44. The Hall–Kier alpha value is -1.54. The summed E-state index contributed by atoms with van der Waals surface area (Å²) in [6.45, 7) is 0.759. The fourth-order valence-corrected chi connectivity index (χ4v) is 2.44. The van der Waals surface area contributed by atoms with E-state index < -0.39 is 0 Å². The molecule has 0 unspecified atom stereocenters. The molecule has 1 fully saturated rings. The van der Waals surface area contributed by atoms with Gasteiger partial charge in [0, 0.05) is 12.0 Å². The predicted molar refractivity (Wildman–Crippen MR) is 70.5 cm³/mol. The number of ether oxygens (including phenoxy) is 1. The van der Waals surface area contributed by atoms with Crippen LogP contribution in [0.4, 0.5) is 0 Å². The second-order valence-corrected chi connectivity index (χ2v) is 4.91. The van der Waals surface area contributed by atoms with Crippen molar-refractivity contribution < 1.29 is 4.74 Å². The van der Waals surface area contributed by atoms with Crippen LogP contribution in [-0.4, -0.2) is 13.7 Å². The maximum atomic E-state index is 5.87. The van der Waals surface area contributed by atoms with Gasteiger partial charge in [0.15, 0.2) is 0 Å². The second kappa shape index (κ2) is 3.74. The van der Waals surface area contributed by atoms with Crippen LogP contribution in [0.15, 0.2) is 36.4 Å². The molecule has 17 heavy (non-hydrogen) atoms. The van der Waals surface area contributed by atoms with Crippen molar-refractivity contribution in [1.82, 2.24) is 0 Å². The van der Waals surface area contributed by atoms with Crippen molar-refractivity contribution >= 4 is 10.8 Å². The molecule has 2 aromatic carbocycles. The van der Waals surface area contributed by atoms with E-state index in [1.165, 1.54) is 29.2 Å². The van der Waals surface area contributed by atoms with Crippen LogP contribution in [0.3, 0.4) is 0 Å². The van der Waals surface area contributed by atoms with Gasteiger partial charge < -0.3 is 10.5 Å². The van der Waals surface area contributed by atoms with Gasteiger partial charge in [-0.2, -0.15) is 0 Å². The monoisotopic (exact) mass is 227 g/mol. The summed E-state index contributed by atoms with van der Waals surface area (Å²) in [5.74, 6) is 0.908. The topological polar surface area (TPSA) is 35.2 Å². The third-order valence-electron chi connectivity index (χ3n) is 3.90. The lowest BCUT2D eigenvalue weighted by Crippen LogP contribution is -2.19. The van der Waals surface area contributed by atoms with Gasteiger partial charge in [-0.05, 0) is 41.3 Å². The van der Waals surface area contributed by atoms with Crippen molar-refractivity contribution in [3.8, 4) is 5.75 Å².